The number of anilines is 2. The largest absolute Gasteiger partial charge is 0.399 e. The van der Waals surface area contributed by atoms with Crippen molar-refractivity contribution >= 4 is 17.3 Å². The Labute approximate surface area is 125 Å². The lowest BCUT2D eigenvalue weighted by atomic mass is 10.1. The third-order valence-corrected chi connectivity index (χ3v) is 3.44. The predicted octanol–water partition coefficient (Wildman–Crippen LogP) is 2.57. The van der Waals surface area contributed by atoms with Gasteiger partial charge in [-0.15, -0.1) is 0 Å². The maximum absolute atomic E-state index is 12.1. The number of hydrogen-bond acceptors (Lipinski definition) is 3. The Morgan fingerprint density at radius 1 is 1.14 bits per heavy atom. The zero-order valence-corrected chi connectivity index (χ0v) is 12.7. The van der Waals surface area contributed by atoms with Crippen molar-refractivity contribution in [2.24, 2.45) is 0 Å². The third-order valence-electron chi connectivity index (χ3n) is 3.44. The van der Waals surface area contributed by atoms with Crippen LogP contribution in [0.25, 0.3) is 0 Å². The topological polar surface area (TPSA) is 58.4 Å². The Bertz CT molecular complexity index is 633. The molecule has 0 aliphatic carbocycles. The molecule has 0 spiro atoms. The molecule has 1 amide bonds. The minimum absolute atomic E-state index is 0.0882. The summed E-state index contributed by atoms with van der Waals surface area (Å²) in [5, 5.41) is 2.92. The average Bonchev–Trinajstić information content (AvgIpc) is 2.48. The van der Waals surface area contributed by atoms with Crippen LogP contribution in [-0.4, -0.2) is 20.0 Å². The molecule has 21 heavy (non-hydrogen) atoms. The first-order valence-corrected chi connectivity index (χ1v) is 6.88. The van der Waals surface area contributed by atoms with Crippen molar-refractivity contribution in [3.05, 3.63) is 59.2 Å². The number of nitrogen functional groups attached to an aromatic ring is 1. The van der Waals surface area contributed by atoms with Crippen LogP contribution in [0.2, 0.25) is 0 Å². The molecule has 4 nitrogen and oxygen atoms in total. The maximum atomic E-state index is 12.1. The molecule has 0 fully saturated rings. The fraction of sp³-hybridized carbons (Fsp3) is 0.235. The van der Waals surface area contributed by atoms with Gasteiger partial charge in [-0.2, -0.15) is 0 Å². The fourth-order valence-corrected chi connectivity index (χ4v) is 2.01. The van der Waals surface area contributed by atoms with E-state index >= 15 is 0 Å². The van der Waals surface area contributed by atoms with Gasteiger partial charge in [0.25, 0.3) is 5.91 Å². The summed E-state index contributed by atoms with van der Waals surface area (Å²) in [5.74, 6) is -0.0882. The lowest BCUT2D eigenvalue weighted by Crippen LogP contribution is -2.23. The predicted molar refractivity (Wildman–Crippen MR) is 87.5 cm³/mol. The summed E-state index contributed by atoms with van der Waals surface area (Å²) in [5.41, 5.74) is 10.2. The zero-order chi connectivity index (χ0) is 15.4. The van der Waals surface area contributed by atoms with E-state index < -0.39 is 0 Å². The van der Waals surface area contributed by atoms with Gasteiger partial charge in [-0.3, -0.25) is 4.79 Å². The number of nitrogens with two attached hydrogens (primary N) is 1. The SMILES string of the molecule is Cc1cc(C(=O)NCc2ccc(N(C)C)cc2)ccc1N. The van der Waals surface area contributed by atoms with Gasteiger partial charge in [0.2, 0.25) is 0 Å². The molecule has 0 bridgehead atoms. The van der Waals surface area contributed by atoms with Crippen LogP contribution >= 0.6 is 0 Å². The van der Waals surface area contributed by atoms with E-state index in [-0.39, 0.29) is 5.91 Å². The highest BCUT2D eigenvalue weighted by molar-refractivity contribution is 5.94. The summed E-state index contributed by atoms with van der Waals surface area (Å²) < 4.78 is 0. The van der Waals surface area contributed by atoms with Gasteiger partial charge >= 0.3 is 0 Å². The fourth-order valence-electron chi connectivity index (χ4n) is 2.01. The van der Waals surface area contributed by atoms with Crippen molar-refractivity contribution in [1.29, 1.82) is 0 Å². The van der Waals surface area contributed by atoms with Gasteiger partial charge < -0.3 is 16.0 Å². The van der Waals surface area contributed by atoms with E-state index in [2.05, 4.69) is 5.32 Å². The molecule has 0 saturated heterocycles. The zero-order valence-electron chi connectivity index (χ0n) is 12.7. The first-order chi connectivity index (χ1) is 9.97. The summed E-state index contributed by atoms with van der Waals surface area (Å²) in [7, 11) is 4.00. The Kier molecular flexibility index (Phi) is 4.48. The average molecular weight is 283 g/mol. The molecular formula is C17H21N3O. The Morgan fingerprint density at radius 3 is 2.38 bits per heavy atom. The van der Waals surface area contributed by atoms with Crippen molar-refractivity contribution in [3.63, 3.8) is 0 Å². The van der Waals surface area contributed by atoms with Crippen molar-refractivity contribution in [1.82, 2.24) is 5.32 Å². The molecule has 0 radical (unpaired) electrons. The second kappa shape index (κ2) is 6.31. The first-order valence-electron chi connectivity index (χ1n) is 6.88. The number of benzene rings is 2. The normalized spacial score (nSPS) is 10.2. The smallest absolute Gasteiger partial charge is 0.251 e. The molecule has 4 heteroatoms. The van der Waals surface area contributed by atoms with Crippen molar-refractivity contribution in [2.75, 3.05) is 24.7 Å². The van der Waals surface area contributed by atoms with Crippen LogP contribution in [0.15, 0.2) is 42.5 Å². The first kappa shape index (κ1) is 14.9. The number of amides is 1. The molecule has 0 unspecified atom stereocenters. The number of nitrogens with zero attached hydrogens (tertiary/aromatic N) is 1. The van der Waals surface area contributed by atoms with Gasteiger partial charge in [0.15, 0.2) is 0 Å². The number of nitrogens with one attached hydrogen (secondary N) is 1. The standard InChI is InChI=1S/C17H21N3O/c1-12-10-14(6-9-16(12)18)17(21)19-11-13-4-7-15(8-5-13)20(2)3/h4-10H,11,18H2,1-3H3,(H,19,21). The number of hydrogen-bond donors (Lipinski definition) is 2. The van der Waals surface area contributed by atoms with E-state index in [0.29, 0.717) is 17.8 Å². The van der Waals surface area contributed by atoms with Crippen LogP contribution in [0.5, 0.6) is 0 Å². The van der Waals surface area contributed by atoms with Gasteiger partial charge in [-0.05, 0) is 48.4 Å². The summed E-state index contributed by atoms with van der Waals surface area (Å²) in [6.07, 6.45) is 0. The van der Waals surface area contributed by atoms with E-state index in [4.69, 9.17) is 5.73 Å². The van der Waals surface area contributed by atoms with Gasteiger partial charge in [0.05, 0.1) is 0 Å². The number of carbonyl (C=O) groups excluding carboxylic acids is 1. The Hall–Kier alpha value is -2.49. The van der Waals surface area contributed by atoms with E-state index in [0.717, 1.165) is 16.8 Å². The molecule has 0 aliphatic rings. The van der Waals surface area contributed by atoms with Gasteiger partial charge in [-0.1, -0.05) is 12.1 Å². The van der Waals surface area contributed by atoms with Crippen LogP contribution in [0.3, 0.4) is 0 Å². The Balaban J connectivity index is 1.98. The van der Waals surface area contributed by atoms with Crippen LogP contribution in [0.1, 0.15) is 21.5 Å². The highest BCUT2D eigenvalue weighted by Crippen LogP contribution is 2.14. The quantitative estimate of drug-likeness (QED) is 0.848. The molecule has 2 rings (SSSR count). The van der Waals surface area contributed by atoms with Gasteiger partial charge in [0, 0.05) is 37.6 Å². The maximum Gasteiger partial charge on any atom is 0.251 e. The lowest BCUT2D eigenvalue weighted by molar-refractivity contribution is 0.0951. The second-order valence-electron chi connectivity index (χ2n) is 5.31. The summed E-state index contributed by atoms with van der Waals surface area (Å²) >= 11 is 0. The van der Waals surface area contributed by atoms with Gasteiger partial charge in [0.1, 0.15) is 0 Å². The van der Waals surface area contributed by atoms with Crippen molar-refractivity contribution in [2.45, 2.75) is 13.5 Å². The van der Waals surface area contributed by atoms with Crippen LogP contribution in [0.4, 0.5) is 11.4 Å². The third kappa shape index (κ3) is 3.75. The number of aryl methyl sites for hydroxylation is 1. The highest BCUT2D eigenvalue weighted by Gasteiger charge is 2.06. The van der Waals surface area contributed by atoms with E-state index in [1.54, 1.807) is 18.2 Å². The van der Waals surface area contributed by atoms with Gasteiger partial charge in [-0.25, -0.2) is 0 Å². The molecule has 0 saturated carbocycles. The number of rotatable bonds is 4. The summed E-state index contributed by atoms with van der Waals surface area (Å²) in [4.78, 5) is 14.1. The van der Waals surface area contributed by atoms with Crippen molar-refractivity contribution < 1.29 is 4.79 Å². The molecule has 0 heterocycles. The molecule has 0 aromatic heterocycles. The molecule has 3 N–H and O–H groups in total. The molecule has 110 valence electrons. The Morgan fingerprint density at radius 2 is 1.81 bits per heavy atom. The lowest BCUT2D eigenvalue weighted by Gasteiger charge is -2.13. The molecule has 2 aromatic carbocycles. The van der Waals surface area contributed by atoms with Crippen LogP contribution < -0.4 is 16.0 Å². The highest BCUT2D eigenvalue weighted by atomic mass is 16.1. The van der Waals surface area contributed by atoms with Crippen LogP contribution in [-0.2, 0) is 6.54 Å². The molecule has 0 atom stereocenters. The summed E-state index contributed by atoms with van der Waals surface area (Å²) in [6, 6.07) is 13.4. The molecular weight excluding hydrogens is 262 g/mol. The second-order valence-corrected chi connectivity index (χ2v) is 5.31. The van der Waals surface area contributed by atoms with E-state index in [9.17, 15) is 4.79 Å². The number of carbonyl (C=O) groups is 1. The van der Waals surface area contributed by atoms with E-state index in [1.165, 1.54) is 0 Å². The minimum atomic E-state index is -0.0882. The van der Waals surface area contributed by atoms with Crippen LogP contribution in [0, 0.1) is 6.92 Å². The monoisotopic (exact) mass is 283 g/mol. The molecule has 2 aromatic rings. The van der Waals surface area contributed by atoms with Crippen molar-refractivity contribution in [3.8, 4) is 0 Å². The van der Waals surface area contributed by atoms with E-state index in [1.807, 2.05) is 50.2 Å². The minimum Gasteiger partial charge on any atom is -0.399 e. The molecule has 0 aliphatic heterocycles. The summed E-state index contributed by atoms with van der Waals surface area (Å²) in [6.45, 7) is 2.40.